The van der Waals surface area contributed by atoms with Crippen LogP contribution in [-0.2, 0) is 15.8 Å². The standard InChI is InChI=1S/C16H18FNO2S3/c17-14-4-1-3-13(11-14)12-23(19,20)18-7-6-16(22-10-8-18)15-5-2-9-21-15/h1-5,9,11,16H,6-8,10,12H2. The van der Waals surface area contributed by atoms with Crippen LogP contribution in [0, 0.1) is 5.82 Å². The number of benzene rings is 1. The van der Waals surface area contributed by atoms with Gasteiger partial charge in [-0.15, -0.1) is 11.3 Å². The molecule has 1 aromatic heterocycles. The van der Waals surface area contributed by atoms with Crippen molar-refractivity contribution < 1.29 is 12.8 Å². The molecule has 0 saturated carbocycles. The fourth-order valence-electron chi connectivity index (χ4n) is 2.66. The highest BCUT2D eigenvalue weighted by molar-refractivity contribution is 7.99. The van der Waals surface area contributed by atoms with E-state index >= 15 is 0 Å². The SMILES string of the molecule is O=S(=O)(Cc1cccc(F)c1)N1CCSC(c2cccs2)CC1. The van der Waals surface area contributed by atoms with Crippen molar-refractivity contribution in [2.75, 3.05) is 18.8 Å². The van der Waals surface area contributed by atoms with Crippen molar-refractivity contribution in [3.63, 3.8) is 0 Å². The smallest absolute Gasteiger partial charge is 0.212 e. The first-order chi connectivity index (χ1) is 11.0. The fourth-order valence-corrected chi connectivity index (χ4v) is 6.55. The van der Waals surface area contributed by atoms with E-state index in [-0.39, 0.29) is 5.75 Å². The van der Waals surface area contributed by atoms with Crippen LogP contribution >= 0.6 is 23.1 Å². The zero-order valence-electron chi connectivity index (χ0n) is 12.5. The maximum atomic E-state index is 13.2. The third kappa shape index (κ3) is 4.35. The van der Waals surface area contributed by atoms with E-state index in [9.17, 15) is 12.8 Å². The lowest BCUT2D eigenvalue weighted by Gasteiger charge is -2.20. The van der Waals surface area contributed by atoms with Gasteiger partial charge in [-0.05, 0) is 35.6 Å². The van der Waals surface area contributed by atoms with E-state index in [2.05, 4.69) is 11.4 Å². The van der Waals surface area contributed by atoms with E-state index in [0.717, 1.165) is 12.2 Å². The molecule has 0 radical (unpaired) electrons. The van der Waals surface area contributed by atoms with Crippen LogP contribution in [0.4, 0.5) is 4.39 Å². The average molecular weight is 372 g/mol. The Bertz CT molecular complexity index is 746. The molecule has 23 heavy (non-hydrogen) atoms. The van der Waals surface area contributed by atoms with E-state index in [1.807, 2.05) is 17.8 Å². The molecular weight excluding hydrogens is 353 g/mol. The molecule has 0 amide bonds. The summed E-state index contributed by atoms with van der Waals surface area (Å²) in [4.78, 5) is 1.30. The van der Waals surface area contributed by atoms with Crippen LogP contribution in [0.3, 0.4) is 0 Å². The first kappa shape index (κ1) is 17.0. The Morgan fingerprint density at radius 1 is 1.22 bits per heavy atom. The summed E-state index contributed by atoms with van der Waals surface area (Å²) in [5.41, 5.74) is 0.497. The van der Waals surface area contributed by atoms with Crippen molar-refractivity contribution >= 4 is 33.1 Å². The molecule has 1 aliphatic rings. The second kappa shape index (κ2) is 7.34. The molecule has 0 aliphatic carbocycles. The Hall–Kier alpha value is -0.890. The Labute approximate surface area is 144 Å². The van der Waals surface area contributed by atoms with Crippen LogP contribution < -0.4 is 0 Å². The topological polar surface area (TPSA) is 37.4 Å². The number of thioether (sulfide) groups is 1. The maximum Gasteiger partial charge on any atom is 0.218 e. The minimum Gasteiger partial charge on any atom is -0.212 e. The summed E-state index contributed by atoms with van der Waals surface area (Å²) < 4.78 is 40.0. The highest BCUT2D eigenvalue weighted by Crippen LogP contribution is 2.37. The molecule has 1 aliphatic heterocycles. The largest absolute Gasteiger partial charge is 0.218 e. The summed E-state index contributed by atoms with van der Waals surface area (Å²) in [6, 6.07) is 9.96. The molecule has 1 aromatic carbocycles. The zero-order valence-corrected chi connectivity index (χ0v) is 15.0. The summed E-state index contributed by atoms with van der Waals surface area (Å²) >= 11 is 3.54. The quantitative estimate of drug-likeness (QED) is 0.818. The number of halogens is 1. The Morgan fingerprint density at radius 2 is 2.09 bits per heavy atom. The molecule has 7 heteroatoms. The van der Waals surface area contributed by atoms with Gasteiger partial charge in [0.15, 0.2) is 0 Å². The predicted octanol–water partition coefficient (Wildman–Crippen LogP) is 3.90. The van der Waals surface area contributed by atoms with Crippen molar-refractivity contribution in [3.05, 3.63) is 58.0 Å². The predicted molar refractivity (Wildman–Crippen MR) is 94.7 cm³/mol. The van der Waals surface area contributed by atoms with Crippen LogP contribution in [0.25, 0.3) is 0 Å². The zero-order chi connectivity index (χ0) is 16.3. The van der Waals surface area contributed by atoms with Crippen LogP contribution in [0.15, 0.2) is 41.8 Å². The van der Waals surface area contributed by atoms with Crippen LogP contribution in [0.5, 0.6) is 0 Å². The molecule has 2 heterocycles. The van der Waals surface area contributed by atoms with Gasteiger partial charge in [-0.1, -0.05) is 18.2 Å². The second-order valence-electron chi connectivity index (χ2n) is 5.45. The molecule has 1 saturated heterocycles. The second-order valence-corrected chi connectivity index (χ2v) is 9.71. The van der Waals surface area contributed by atoms with Crippen molar-refractivity contribution in [2.24, 2.45) is 0 Å². The lowest BCUT2D eigenvalue weighted by molar-refractivity contribution is 0.427. The summed E-state index contributed by atoms with van der Waals surface area (Å²) in [7, 11) is -3.41. The average Bonchev–Trinajstić information content (AvgIpc) is 2.90. The van der Waals surface area contributed by atoms with E-state index in [1.54, 1.807) is 27.8 Å². The summed E-state index contributed by atoms with van der Waals surface area (Å²) in [6.45, 7) is 1.04. The van der Waals surface area contributed by atoms with E-state index < -0.39 is 15.8 Å². The summed E-state index contributed by atoms with van der Waals surface area (Å²) in [5.74, 6) is 0.242. The van der Waals surface area contributed by atoms with Gasteiger partial charge in [-0.25, -0.2) is 17.1 Å². The molecule has 0 spiro atoms. The van der Waals surface area contributed by atoms with Gasteiger partial charge < -0.3 is 0 Å². The summed E-state index contributed by atoms with van der Waals surface area (Å²) in [5, 5.41) is 2.42. The van der Waals surface area contributed by atoms with Gasteiger partial charge in [-0.3, -0.25) is 0 Å². The molecule has 124 valence electrons. The third-order valence-corrected chi connectivity index (χ3v) is 8.09. The molecule has 2 aromatic rings. The van der Waals surface area contributed by atoms with E-state index in [0.29, 0.717) is 23.9 Å². The Morgan fingerprint density at radius 3 is 2.83 bits per heavy atom. The van der Waals surface area contributed by atoms with E-state index in [1.165, 1.54) is 17.0 Å². The minimum absolute atomic E-state index is 0.140. The van der Waals surface area contributed by atoms with Crippen molar-refractivity contribution in [1.29, 1.82) is 0 Å². The number of thiophene rings is 1. The van der Waals surface area contributed by atoms with Gasteiger partial charge >= 0.3 is 0 Å². The van der Waals surface area contributed by atoms with Gasteiger partial charge in [0.05, 0.1) is 5.75 Å². The molecule has 1 fully saturated rings. The molecule has 0 bridgehead atoms. The summed E-state index contributed by atoms with van der Waals surface area (Å²) in [6.07, 6.45) is 0.813. The van der Waals surface area contributed by atoms with Crippen LogP contribution in [-0.4, -0.2) is 31.6 Å². The molecule has 3 nitrogen and oxygen atoms in total. The minimum atomic E-state index is -3.41. The number of rotatable bonds is 4. The Balaban J connectivity index is 1.68. The van der Waals surface area contributed by atoms with Crippen LogP contribution in [0.2, 0.25) is 0 Å². The molecular formula is C16H18FNO2S3. The van der Waals surface area contributed by atoms with Crippen LogP contribution in [0.1, 0.15) is 22.1 Å². The first-order valence-corrected chi connectivity index (χ1v) is 11.0. The third-order valence-electron chi connectivity index (χ3n) is 3.79. The number of nitrogens with zero attached hydrogens (tertiary/aromatic N) is 1. The highest BCUT2D eigenvalue weighted by atomic mass is 32.2. The first-order valence-electron chi connectivity index (χ1n) is 7.42. The normalized spacial score (nSPS) is 20.3. The van der Waals surface area contributed by atoms with Gasteiger partial charge in [-0.2, -0.15) is 11.8 Å². The van der Waals surface area contributed by atoms with Crippen molar-refractivity contribution in [3.8, 4) is 0 Å². The maximum absolute atomic E-state index is 13.2. The lowest BCUT2D eigenvalue weighted by Crippen LogP contribution is -2.34. The van der Waals surface area contributed by atoms with Crippen molar-refractivity contribution in [2.45, 2.75) is 17.4 Å². The van der Waals surface area contributed by atoms with Crippen molar-refractivity contribution in [1.82, 2.24) is 4.31 Å². The fraction of sp³-hybridized carbons (Fsp3) is 0.375. The molecule has 1 atom stereocenters. The van der Waals surface area contributed by atoms with Gasteiger partial charge in [0.1, 0.15) is 5.82 Å². The van der Waals surface area contributed by atoms with E-state index in [4.69, 9.17) is 0 Å². The molecule has 1 unspecified atom stereocenters. The number of hydrogen-bond acceptors (Lipinski definition) is 4. The Kier molecular flexibility index (Phi) is 5.41. The number of hydrogen-bond donors (Lipinski definition) is 0. The monoisotopic (exact) mass is 371 g/mol. The lowest BCUT2D eigenvalue weighted by atomic mass is 10.2. The van der Waals surface area contributed by atoms with Gasteiger partial charge in [0.2, 0.25) is 10.0 Å². The molecule has 0 N–H and O–H groups in total. The molecule has 3 rings (SSSR count). The van der Waals surface area contributed by atoms with Gasteiger partial charge in [0.25, 0.3) is 0 Å². The van der Waals surface area contributed by atoms with Gasteiger partial charge in [0, 0.05) is 29.0 Å². The highest BCUT2D eigenvalue weighted by Gasteiger charge is 2.27. The number of sulfonamides is 1.